The molecular weight excluding hydrogens is 232 g/mol. The van der Waals surface area contributed by atoms with Crippen molar-refractivity contribution < 1.29 is 14.6 Å². The number of aliphatic hydroxyl groups is 1. The molecule has 1 aromatic heterocycles. The fourth-order valence-electron chi connectivity index (χ4n) is 1.41. The van der Waals surface area contributed by atoms with Gasteiger partial charge in [-0.25, -0.2) is 9.78 Å². The molecule has 0 unspecified atom stereocenters. The van der Waals surface area contributed by atoms with Gasteiger partial charge in [-0.1, -0.05) is 11.6 Å². The summed E-state index contributed by atoms with van der Waals surface area (Å²) in [5.74, 6) is -0.409. The van der Waals surface area contributed by atoms with Gasteiger partial charge in [-0.3, -0.25) is 0 Å². The Balaban J connectivity index is 2.88. The number of aryl methyl sites for hydroxylation is 1. The van der Waals surface area contributed by atoms with Crippen LogP contribution in [0.1, 0.15) is 18.3 Å². The van der Waals surface area contributed by atoms with Gasteiger partial charge in [0.05, 0.1) is 25.7 Å². The van der Waals surface area contributed by atoms with Crippen LogP contribution >= 0.6 is 0 Å². The quantitative estimate of drug-likeness (QED) is 0.482. The molecule has 1 heterocycles. The van der Waals surface area contributed by atoms with E-state index < -0.39 is 5.97 Å². The van der Waals surface area contributed by atoms with E-state index in [0.29, 0.717) is 6.42 Å². The first-order valence-corrected chi connectivity index (χ1v) is 5.61. The van der Waals surface area contributed by atoms with E-state index in [1.165, 1.54) is 13.2 Å². The van der Waals surface area contributed by atoms with Gasteiger partial charge in [0, 0.05) is 25.2 Å². The highest BCUT2D eigenvalue weighted by Gasteiger charge is 2.05. The van der Waals surface area contributed by atoms with Gasteiger partial charge < -0.3 is 14.4 Å². The Morgan fingerprint density at radius 3 is 2.94 bits per heavy atom. The van der Waals surface area contributed by atoms with E-state index in [-0.39, 0.29) is 6.61 Å². The number of ether oxygens (including phenoxy) is 1. The molecule has 0 bridgehead atoms. The molecule has 0 saturated carbocycles. The number of nitrogens with zero attached hydrogens (tertiary/aromatic N) is 2. The lowest BCUT2D eigenvalue weighted by atomic mass is 10.2. The van der Waals surface area contributed by atoms with Crippen LogP contribution in [0.15, 0.2) is 24.1 Å². The van der Waals surface area contributed by atoms with Crippen LogP contribution in [0.5, 0.6) is 0 Å². The van der Waals surface area contributed by atoms with Crippen LogP contribution in [-0.4, -0.2) is 34.3 Å². The average Bonchev–Trinajstić information content (AvgIpc) is 2.73. The Morgan fingerprint density at radius 2 is 2.33 bits per heavy atom. The highest BCUT2D eigenvalue weighted by molar-refractivity contribution is 5.86. The molecule has 0 aliphatic rings. The summed E-state index contributed by atoms with van der Waals surface area (Å²) in [6.45, 7) is 1.91. The van der Waals surface area contributed by atoms with Crippen LogP contribution in [-0.2, 0) is 23.0 Å². The number of imidazole rings is 1. The van der Waals surface area contributed by atoms with E-state index in [2.05, 4.69) is 9.72 Å². The fraction of sp³-hybridized carbons (Fsp3) is 0.385. The number of hydrogen-bond acceptors (Lipinski definition) is 4. The highest BCUT2D eigenvalue weighted by atomic mass is 16.5. The van der Waals surface area contributed by atoms with Crippen molar-refractivity contribution in [3.8, 4) is 0 Å². The molecule has 0 amide bonds. The number of rotatable bonds is 5. The molecule has 0 aromatic carbocycles. The number of carbonyl (C=O) groups is 1. The number of aromatic nitrogens is 2. The van der Waals surface area contributed by atoms with E-state index in [0.717, 1.165) is 17.0 Å². The fourth-order valence-corrected chi connectivity index (χ4v) is 1.41. The first kappa shape index (κ1) is 14.2. The van der Waals surface area contributed by atoms with E-state index >= 15 is 0 Å². The van der Waals surface area contributed by atoms with Crippen molar-refractivity contribution in [2.24, 2.45) is 7.05 Å². The summed E-state index contributed by atoms with van der Waals surface area (Å²) in [6.07, 6.45) is 7.25. The minimum absolute atomic E-state index is 0.0468. The third-order valence-electron chi connectivity index (χ3n) is 2.56. The Labute approximate surface area is 106 Å². The maximum absolute atomic E-state index is 11.0. The summed E-state index contributed by atoms with van der Waals surface area (Å²) >= 11 is 0. The molecule has 5 nitrogen and oxygen atoms in total. The van der Waals surface area contributed by atoms with E-state index in [1.54, 1.807) is 12.4 Å². The van der Waals surface area contributed by atoms with Crippen LogP contribution in [0.4, 0.5) is 0 Å². The lowest BCUT2D eigenvalue weighted by molar-refractivity contribution is -0.134. The van der Waals surface area contributed by atoms with Crippen LogP contribution in [0, 0.1) is 0 Å². The van der Waals surface area contributed by atoms with Gasteiger partial charge in [-0.05, 0) is 13.0 Å². The Morgan fingerprint density at radius 1 is 1.61 bits per heavy atom. The number of methoxy groups -OCH3 is 1. The Hall–Kier alpha value is -1.88. The number of hydrogen-bond donors (Lipinski definition) is 1. The molecule has 0 fully saturated rings. The molecule has 0 radical (unpaired) electrons. The molecule has 0 atom stereocenters. The van der Waals surface area contributed by atoms with Crippen LogP contribution < -0.4 is 0 Å². The number of esters is 1. The van der Waals surface area contributed by atoms with E-state index in [9.17, 15) is 4.79 Å². The second-order valence-electron chi connectivity index (χ2n) is 3.96. The van der Waals surface area contributed by atoms with Gasteiger partial charge in [-0.15, -0.1) is 0 Å². The monoisotopic (exact) mass is 250 g/mol. The molecule has 0 aliphatic heterocycles. The minimum Gasteiger partial charge on any atom is -0.466 e. The maximum Gasteiger partial charge on any atom is 0.330 e. The summed E-state index contributed by atoms with van der Waals surface area (Å²) in [4.78, 5) is 15.2. The molecule has 1 aromatic rings. The van der Waals surface area contributed by atoms with Crippen molar-refractivity contribution in [2.75, 3.05) is 13.7 Å². The Kier molecular flexibility index (Phi) is 5.32. The third kappa shape index (κ3) is 3.85. The van der Waals surface area contributed by atoms with Crippen LogP contribution in [0.25, 0.3) is 6.08 Å². The summed E-state index contributed by atoms with van der Waals surface area (Å²) in [7, 11) is 3.22. The van der Waals surface area contributed by atoms with Crippen molar-refractivity contribution in [1.29, 1.82) is 0 Å². The lowest BCUT2D eigenvalue weighted by Crippen LogP contribution is -1.98. The number of carbonyl (C=O) groups excluding carboxylic acids is 1. The van der Waals surface area contributed by atoms with Crippen molar-refractivity contribution in [2.45, 2.75) is 13.3 Å². The topological polar surface area (TPSA) is 64.3 Å². The van der Waals surface area contributed by atoms with Crippen molar-refractivity contribution >= 4 is 12.0 Å². The molecule has 0 spiro atoms. The van der Waals surface area contributed by atoms with Crippen molar-refractivity contribution in [3.63, 3.8) is 0 Å². The first-order valence-electron chi connectivity index (χ1n) is 5.61. The van der Waals surface area contributed by atoms with Gasteiger partial charge >= 0.3 is 5.97 Å². The first-order chi connectivity index (χ1) is 8.58. The normalized spacial score (nSPS) is 12.1. The summed E-state index contributed by atoms with van der Waals surface area (Å²) in [6, 6.07) is 0. The lowest BCUT2D eigenvalue weighted by Gasteiger charge is -2.01. The molecule has 5 heteroatoms. The Bertz CT molecular complexity index is 473. The van der Waals surface area contributed by atoms with E-state index in [4.69, 9.17) is 5.11 Å². The van der Waals surface area contributed by atoms with Gasteiger partial charge in [0.15, 0.2) is 0 Å². The van der Waals surface area contributed by atoms with Gasteiger partial charge in [0.2, 0.25) is 0 Å². The van der Waals surface area contributed by atoms with Crippen LogP contribution in [0.3, 0.4) is 0 Å². The zero-order valence-corrected chi connectivity index (χ0v) is 10.9. The highest BCUT2D eigenvalue weighted by Crippen LogP contribution is 2.11. The summed E-state index contributed by atoms with van der Waals surface area (Å²) in [5, 5.41) is 8.94. The number of allylic oxidation sites excluding steroid dienone is 1. The second kappa shape index (κ2) is 6.76. The second-order valence-corrected chi connectivity index (χ2v) is 3.96. The van der Waals surface area contributed by atoms with Gasteiger partial charge in [-0.2, -0.15) is 0 Å². The average molecular weight is 250 g/mol. The molecule has 1 N–H and O–H groups in total. The predicted molar refractivity (Wildman–Crippen MR) is 68.8 cm³/mol. The smallest absolute Gasteiger partial charge is 0.330 e. The molecule has 18 heavy (non-hydrogen) atoms. The summed E-state index contributed by atoms with van der Waals surface area (Å²) < 4.78 is 6.42. The largest absolute Gasteiger partial charge is 0.466 e. The SMILES string of the molecule is COC(=O)/C=C/c1ncn(C)c1C/C=C(\C)CO. The molecule has 0 saturated heterocycles. The maximum atomic E-state index is 11.0. The van der Waals surface area contributed by atoms with E-state index in [1.807, 2.05) is 24.6 Å². The van der Waals surface area contributed by atoms with Crippen molar-refractivity contribution in [1.82, 2.24) is 9.55 Å². The van der Waals surface area contributed by atoms with Crippen LogP contribution in [0.2, 0.25) is 0 Å². The molecular formula is C13H18N2O3. The third-order valence-corrected chi connectivity index (χ3v) is 2.56. The molecule has 1 rings (SSSR count). The zero-order valence-electron chi connectivity index (χ0n) is 10.9. The minimum atomic E-state index is -0.409. The predicted octanol–water partition coefficient (Wildman–Crippen LogP) is 1.09. The van der Waals surface area contributed by atoms with Crippen molar-refractivity contribution in [3.05, 3.63) is 35.4 Å². The zero-order chi connectivity index (χ0) is 13.5. The van der Waals surface area contributed by atoms with Gasteiger partial charge in [0.25, 0.3) is 0 Å². The number of aliphatic hydroxyl groups excluding tert-OH is 1. The summed E-state index contributed by atoms with van der Waals surface area (Å²) in [5.41, 5.74) is 2.60. The standard InChI is InChI=1S/C13H18N2O3/c1-10(8-16)4-6-12-11(14-9-15(12)2)5-7-13(17)18-3/h4-5,7,9,16H,6,8H2,1-3H3/b7-5+,10-4+. The van der Waals surface area contributed by atoms with Gasteiger partial charge in [0.1, 0.15) is 0 Å². The molecule has 0 aliphatic carbocycles. The molecule has 98 valence electrons.